The molecule has 0 spiro atoms. The van der Waals surface area contributed by atoms with Gasteiger partial charge in [-0.3, -0.25) is 9.69 Å². The molecule has 0 bridgehead atoms. The fourth-order valence-corrected chi connectivity index (χ4v) is 1.76. The van der Waals surface area contributed by atoms with E-state index in [0.29, 0.717) is 26.1 Å². The predicted molar refractivity (Wildman–Crippen MR) is 57.1 cm³/mol. The van der Waals surface area contributed by atoms with Crippen molar-refractivity contribution >= 4 is 5.91 Å². The van der Waals surface area contributed by atoms with Crippen LogP contribution in [0.25, 0.3) is 0 Å². The van der Waals surface area contributed by atoms with Crippen LogP contribution in [-0.4, -0.2) is 49.6 Å². The summed E-state index contributed by atoms with van der Waals surface area (Å²) in [4.78, 5) is 13.8. The van der Waals surface area contributed by atoms with Gasteiger partial charge in [-0.2, -0.15) is 5.26 Å². The van der Waals surface area contributed by atoms with E-state index in [-0.39, 0.29) is 11.9 Å². The molecule has 0 aromatic carbocycles. The second kappa shape index (κ2) is 6.38. The van der Waals surface area contributed by atoms with Crippen molar-refractivity contribution in [1.29, 1.82) is 5.26 Å². The third-order valence-corrected chi connectivity index (χ3v) is 2.52. The van der Waals surface area contributed by atoms with Gasteiger partial charge in [0.2, 0.25) is 5.91 Å². The molecule has 84 valence electrons. The van der Waals surface area contributed by atoms with E-state index in [1.54, 1.807) is 0 Å². The van der Waals surface area contributed by atoms with E-state index >= 15 is 0 Å². The molecule has 1 amide bonds. The first kappa shape index (κ1) is 12.0. The monoisotopic (exact) mass is 210 g/mol. The largest absolute Gasteiger partial charge is 0.355 e. The van der Waals surface area contributed by atoms with Gasteiger partial charge in [0.05, 0.1) is 6.07 Å². The summed E-state index contributed by atoms with van der Waals surface area (Å²) in [7, 11) is 0. The zero-order valence-corrected chi connectivity index (χ0v) is 9.12. The zero-order chi connectivity index (χ0) is 11.1. The van der Waals surface area contributed by atoms with Gasteiger partial charge < -0.3 is 10.6 Å². The van der Waals surface area contributed by atoms with Gasteiger partial charge in [0.1, 0.15) is 6.04 Å². The van der Waals surface area contributed by atoms with Crippen molar-refractivity contribution in [3.63, 3.8) is 0 Å². The van der Waals surface area contributed by atoms with Crippen LogP contribution in [0.5, 0.6) is 0 Å². The van der Waals surface area contributed by atoms with Crippen molar-refractivity contribution < 1.29 is 4.79 Å². The Labute approximate surface area is 90.4 Å². The quantitative estimate of drug-likeness (QED) is 0.644. The Bertz CT molecular complexity index is 248. The first-order chi connectivity index (χ1) is 7.29. The van der Waals surface area contributed by atoms with Gasteiger partial charge >= 0.3 is 0 Å². The highest BCUT2D eigenvalue weighted by molar-refractivity contribution is 5.82. The van der Waals surface area contributed by atoms with Crippen molar-refractivity contribution in [2.45, 2.75) is 19.4 Å². The van der Waals surface area contributed by atoms with Gasteiger partial charge in [0.15, 0.2) is 0 Å². The topological polar surface area (TPSA) is 68.2 Å². The summed E-state index contributed by atoms with van der Waals surface area (Å²) in [6.45, 7) is 5.65. The summed E-state index contributed by atoms with van der Waals surface area (Å²) in [5.74, 6) is 0.0580. The number of rotatable bonds is 4. The highest BCUT2D eigenvalue weighted by Gasteiger charge is 2.27. The molecule has 15 heavy (non-hydrogen) atoms. The molecular weight excluding hydrogens is 192 g/mol. The van der Waals surface area contributed by atoms with Gasteiger partial charge in [-0.25, -0.2) is 0 Å². The van der Waals surface area contributed by atoms with Crippen molar-refractivity contribution in [3.05, 3.63) is 0 Å². The molecule has 5 heteroatoms. The number of nitriles is 1. The Balaban J connectivity index is 2.49. The summed E-state index contributed by atoms with van der Waals surface area (Å²) >= 11 is 0. The second-order valence-corrected chi connectivity index (χ2v) is 3.56. The maximum absolute atomic E-state index is 11.7. The molecule has 1 saturated heterocycles. The summed E-state index contributed by atoms with van der Waals surface area (Å²) in [5.41, 5.74) is 0. The van der Waals surface area contributed by atoms with Crippen molar-refractivity contribution in [2.24, 2.45) is 0 Å². The van der Waals surface area contributed by atoms with Gasteiger partial charge in [0.25, 0.3) is 0 Å². The van der Waals surface area contributed by atoms with Crippen molar-refractivity contribution in [1.82, 2.24) is 15.5 Å². The van der Waals surface area contributed by atoms with Crippen LogP contribution < -0.4 is 10.6 Å². The van der Waals surface area contributed by atoms with Crippen LogP contribution in [0.2, 0.25) is 0 Å². The van der Waals surface area contributed by atoms with E-state index < -0.39 is 0 Å². The number of nitrogens with zero attached hydrogens (tertiary/aromatic N) is 2. The normalized spacial score (nSPS) is 22.0. The van der Waals surface area contributed by atoms with Crippen LogP contribution in [0.1, 0.15) is 13.3 Å². The molecular formula is C10H18N4O. The number of carbonyl (C=O) groups excluding carboxylic acids is 1. The summed E-state index contributed by atoms with van der Waals surface area (Å²) in [6.07, 6.45) is 0.482. The third kappa shape index (κ3) is 3.50. The molecule has 0 aromatic rings. The Morgan fingerprint density at radius 1 is 1.73 bits per heavy atom. The summed E-state index contributed by atoms with van der Waals surface area (Å²) in [5, 5.41) is 14.5. The second-order valence-electron chi connectivity index (χ2n) is 3.56. The minimum Gasteiger partial charge on any atom is -0.355 e. The van der Waals surface area contributed by atoms with E-state index in [1.807, 2.05) is 6.92 Å². The molecule has 1 unspecified atom stereocenters. The smallest absolute Gasteiger partial charge is 0.238 e. The number of hydrogen-bond donors (Lipinski definition) is 2. The zero-order valence-electron chi connectivity index (χ0n) is 9.12. The van der Waals surface area contributed by atoms with E-state index in [1.165, 1.54) is 0 Å². The number of amides is 1. The fourth-order valence-electron chi connectivity index (χ4n) is 1.76. The highest BCUT2D eigenvalue weighted by atomic mass is 16.2. The lowest BCUT2D eigenvalue weighted by Crippen LogP contribution is -2.57. The average Bonchev–Trinajstić information content (AvgIpc) is 2.27. The molecule has 0 aromatic heterocycles. The van der Waals surface area contributed by atoms with E-state index in [4.69, 9.17) is 5.26 Å². The van der Waals surface area contributed by atoms with Crippen LogP contribution in [0, 0.1) is 11.3 Å². The van der Waals surface area contributed by atoms with Crippen LogP contribution in [0.15, 0.2) is 0 Å². The maximum Gasteiger partial charge on any atom is 0.238 e. The molecule has 0 aliphatic carbocycles. The number of nitrogens with one attached hydrogen (secondary N) is 2. The van der Waals surface area contributed by atoms with Crippen LogP contribution in [0.4, 0.5) is 0 Å². The molecule has 1 atom stereocenters. The van der Waals surface area contributed by atoms with E-state index in [0.717, 1.165) is 13.1 Å². The Kier molecular flexibility index (Phi) is 5.08. The van der Waals surface area contributed by atoms with Gasteiger partial charge in [0, 0.05) is 39.1 Å². The molecule has 0 radical (unpaired) electrons. The Hall–Kier alpha value is -1.12. The van der Waals surface area contributed by atoms with Crippen LogP contribution >= 0.6 is 0 Å². The standard InChI is InChI=1S/C10H18N4O/c1-2-13-10(15)9-8-12-5-7-14(9)6-3-4-11/h9,12H,2-3,5-8H2,1H3,(H,13,15). The predicted octanol–water partition coefficient (Wildman–Crippen LogP) is -0.690. The average molecular weight is 210 g/mol. The van der Waals surface area contributed by atoms with Gasteiger partial charge in [-0.15, -0.1) is 0 Å². The number of likely N-dealkylation sites (N-methyl/N-ethyl adjacent to an activating group) is 1. The first-order valence-corrected chi connectivity index (χ1v) is 5.39. The number of piperazine rings is 1. The molecule has 1 aliphatic rings. The minimum atomic E-state index is -0.118. The van der Waals surface area contributed by atoms with E-state index in [9.17, 15) is 4.79 Å². The molecule has 5 nitrogen and oxygen atoms in total. The van der Waals surface area contributed by atoms with Crippen molar-refractivity contribution in [2.75, 3.05) is 32.7 Å². The van der Waals surface area contributed by atoms with Crippen LogP contribution in [0.3, 0.4) is 0 Å². The number of carbonyl (C=O) groups is 1. The minimum absolute atomic E-state index is 0.0580. The van der Waals surface area contributed by atoms with Gasteiger partial charge in [-0.1, -0.05) is 0 Å². The van der Waals surface area contributed by atoms with Crippen LogP contribution in [-0.2, 0) is 4.79 Å². The lowest BCUT2D eigenvalue weighted by atomic mass is 10.1. The summed E-state index contributed by atoms with van der Waals surface area (Å²) < 4.78 is 0. The molecule has 1 rings (SSSR count). The van der Waals surface area contributed by atoms with E-state index in [2.05, 4.69) is 21.6 Å². The highest BCUT2D eigenvalue weighted by Crippen LogP contribution is 2.04. The maximum atomic E-state index is 11.7. The van der Waals surface area contributed by atoms with Crippen molar-refractivity contribution in [3.8, 4) is 6.07 Å². The molecule has 1 aliphatic heterocycles. The SMILES string of the molecule is CCNC(=O)C1CNCCN1CCC#N. The molecule has 1 heterocycles. The summed E-state index contributed by atoms with van der Waals surface area (Å²) in [6, 6.07) is 1.99. The fraction of sp³-hybridized carbons (Fsp3) is 0.800. The molecule has 1 fully saturated rings. The molecule has 0 saturated carbocycles. The third-order valence-electron chi connectivity index (χ3n) is 2.52. The Morgan fingerprint density at radius 3 is 3.20 bits per heavy atom. The number of hydrogen-bond acceptors (Lipinski definition) is 4. The first-order valence-electron chi connectivity index (χ1n) is 5.39. The van der Waals surface area contributed by atoms with Gasteiger partial charge in [-0.05, 0) is 6.92 Å². The lowest BCUT2D eigenvalue weighted by Gasteiger charge is -2.34. The molecule has 2 N–H and O–H groups in total. The Morgan fingerprint density at radius 2 is 2.53 bits per heavy atom. The lowest BCUT2D eigenvalue weighted by molar-refractivity contribution is -0.126.